The summed E-state index contributed by atoms with van der Waals surface area (Å²) in [4.78, 5) is 0. The molecule has 2 spiro atoms. The predicted octanol–water partition coefficient (Wildman–Crippen LogP) is 2.53. The van der Waals surface area contributed by atoms with Gasteiger partial charge < -0.3 is 28.4 Å². The molecule has 0 bridgehead atoms. The molecule has 0 amide bonds. The SMILES string of the molecule is CC1(C)O[C@@H]2[C@@H](CO[C@]3(COC(C)(C)O3)[C@@]23Cc2ccccc2CO3)O1. The van der Waals surface area contributed by atoms with Crippen molar-refractivity contribution < 1.29 is 28.4 Å². The maximum absolute atomic E-state index is 6.54. The van der Waals surface area contributed by atoms with Crippen molar-refractivity contribution in [3.05, 3.63) is 35.4 Å². The van der Waals surface area contributed by atoms with E-state index in [1.807, 2.05) is 33.8 Å². The molecule has 4 atom stereocenters. The predicted molar refractivity (Wildman–Crippen MR) is 91.3 cm³/mol. The molecule has 4 aliphatic rings. The van der Waals surface area contributed by atoms with Crippen molar-refractivity contribution in [1.82, 2.24) is 0 Å². The Bertz CT molecular complexity index is 729. The highest BCUT2D eigenvalue weighted by atomic mass is 16.9. The third-order valence-corrected chi connectivity index (χ3v) is 5.85. The molecule has 3 saturated heterocycles. The van der Waals surface area contributed by atoms with Crippen LogP contribution in [-0.4, -0.2) is 48.4 Å². The highest BCUT2D eigenvalue weighted by molar-refractivity contribution is 5.33. The minimum absolute atomic E-state index is 0.201. The molecule has 3 fully saturated rings. The lowest BCUT2D eigenvalue weighted by Crippen LogP contribution is -2.73. The molecule has 0 unspecified atom stereocenters. The van der Waals surface area contributed by atoms with Crippen molar-refractivity contribution in [3.8, 4) is 0 Å². The van der Waals surface area contributed by atoms with Gasteiger partial charge in [-0.3, -0.25) is 0 Å². The van der Waals surface area contributed by atoms with Crippen molar-refractivity contribution in [2.45, 2.75) is 75.9 Å². The van der Waals surface area contributed by atoms with Gasteiger partial charge in [0, 0.05) is 6.42 Å². The quantitative estimate of drug-likeness (QED) is 0.707. The summed E-state index contributed by atoms with van der Waals surface area (Å²) >= 11 is 0. The minimum atomic E-state index is -1.02. The lowest BCUT2D eigenvalue weighted by atomic mass is 9.75. The summed E-state index contributed by atoms with van der Waals surface area (Å²) in [6, 6.07) is 8.32. The van der Waals surface area contributed by atoms with Gasteiger partial charge in [-0.2, -0.15) is 0 Å². The highest BCUT2D eigenvalue weighted by Gasteiger charge is 2.72. The molecule has 5 rings (SSSR count). The van der Waals surface area contributed by atoms with Gasteiger partial charge >= 0.3 is 0 Å². The van der Waals surface area contributed by atoms with E-state index < -0.39 is 23.0 Å². The molecule has 6 heteroatoms. The smallest absolute Gasteiger partial charge is 0.227 e. The van der Waals surface area contributed by atoms with Crippen LogP contribution in [0, 0.1) is 0 Å². The van der Waals surface area contributed by atoms with Crippen molar-refractivity contribution in [3.63, 3.8) is 0 Å². The first-order chi connectivity index (χ1) is 12.2. The zero-order valence-electron chi connectivity index (χ0n) is 15.7. The van der Waals surface area contributed by atoms with Crippen molar-refractivity contribution in [2.24, 2.45) is 0 Å². The van der Waals surface area contributed by atoms with Crippen LogP contribution in [0.3, 0.4) is 0 Å². The normalized spacial score (nSPS) is 42.8. The zero-order valence-corrected chi connectivity index (χ0v) is 15.7. The van der Waals surface area contributed by atoms with Gasteiger partial charge in [0.05, 0.1) is 13.2 Å². The topological polar surface area (TPSA) is 55.4 Å². The van der Waals surface area contributed by atoms with E-state index >= 15 is 0 Å². The Morgan fingerprint density at radius 1 is 0.885 bits per heavy atom. The summed E-state index contributed by atoms with van der Waals surface area (Å²) in [5.74, 6) is -2.45. The number of benzene rings is 1. The summed E-state index contributed by atoms with van der Waals surface area (Å²) in [5, 5.41) is 0. The monoisotopic (exact) mass is 362 g/mol. The molecule has 4 aliphatic heterocycles. The first-order valence-electron chi connectivity index (χ1n) is 9.29. The van der Waals surface area contributed by atoms with Crippen LogP contribution in [0.5, 0.6) is 0 Å². The van der Waals surface area contributed by atoms with Gasteiger partial charge in [0.15, 0.2) is 17.2 Å². The maximum atomic E-state index is 6.54. The molecule has 0 radical (unpaired) electrons. The fourth-order valence-corrected chi connectivity index (χ4v) is 4.75. The Hall–Kier alpha value is -1.02. The number of fused-ring (bicyclic) bond motifs is 4. The average Bonchev–Trinajstić information content (AvgIpc) is 3.08. The third-order valence-electron chi connectivity index (χ3n) is 5.85. The molecule has 0 saturated carbocycles. The van der Waals surface area contributed by atoms with Gasteiger partial charge in [-0.15, -0.1) is 0 Å². The Kier molecular flexibility index (Phi) is 3.47. The van der Waals surface area contributed by atoms with Crippen LogP contribution in [0.25, 0.3) is 0 Å². The van der Waals surface area contributed by atoms with Crippen LogP contribution in [0.1, 0.15) is 38.8 Å². The summed E-state index contributed by atoms with van der Waals surface area (Å²) in [6.45, 7) is 8.83. The Balaban J connectivity index is 1.62. The molecule has 1 aromatic rings. The van der Waals surface area contributed by atoms with E-state index in [9.17, 15) is 0 Å². The number of rotatable bonds is 0. The lowest BCUT2D eigenvalue weighted by Gasteiger charge is -2.54. The van der Waals surface area contributed by atoms with Crippen molar-refractivity contribution in [2.75, 3.05) is 13.2 Å². The molecule has 26 heavy (non-hydrogen) atoms. The van der Waals surface area contributed by atoms with E-state index in [0.717, 1.165) is 0 Å². The van der Waals surface area contributed by atoms with Gasteiger partial charge in [-0.1, -0.05) is 24.3 Å². The first kappa shape index (κ1) is 17.1. The van der Waals surface area contributed by atoms with E-state index in [1.54, 1.807) is 0 Å². The number of hydrogen-bond donors (Lipinski definition) is 0. The molecule has 4 heterocycles. The van der Waals surface area contributed by atoms with Gasteiger partial charge in [0.2, 0.25) is 5.79 Å². The third kappa shape index (κ3) is 2.33. The van der Waals surface area contributed by atoms with Crippen LogP contribution < -0.4 is 0 Å². The van der Waals surface area contributed by atoms with E-state index in [2.05, 4.69) is 18.2 Å². The van der Waals surface area contributed by atoms with E-state index in [1.165, 1.54) is 11.1 Å². The first-order valence-corrected chi connectivity index (χ1v) is 9.29. The largest absolute Gasteiger partial charge is 0.361 e. The number of hydrogen-bond acceptors (Lipinski definition) is 6. The number of ether oxygens (including phenoxy) is 6. The van der Waals surface area contributed by atoms with Gasteiger partial charge in [0.1, 0.15) is 18.8 Å². The van der Waals surface area contributed by atoms with E-state index in [-0.39, 0.29) is 12.2 Å². The van der Waals surface area contributed by atoms with Crippen LogP contribution in [-0.2, 0) is 41.4 Å². The Labute approximate surface area is 153 Å². The molecular formula is C20H26O6. The zero-order chi connectivity index (χ0) is 18.2. The molecule has 0 aromatic heterocycles. The molecule has 0 aliphatic carbocycles. The van der Waals surface area contributed by atoms with E-state index in [0.29, 0.717) is 26.2 Å². The molecule has 0 N–H and O–H groups in total. The summed E-state index contributed by atoms with van der Waals surface area (Å²) in [7, 11) is 0. The minimum Gasteiger partial charge on any atom is -0.361 e. The summed E-state index contributed by atoms with van der Waals surface area (Å²) in [6.07, 6.45) is 0.133. The molecule has 1 aromatic carbocycles. The van der Waals surface area contributed by atoms with Gasteiger partial charge in [0.25, 0.3) is 0 Å². The van der Waals surface area contributed by atoms with Gasteiger partial charge in [-0.05, 0) is 38.8 Å². The van der Waals surface area contributed by atoms with E-state index in [4.69, 9.17) is 28.4 Å². The fraction of sp³-hybridized carbons (Fsp3) is 0.700. The average molecular weight is 362 g/mol. The fourth-order valence-electron chi connectivity index (χ4n) is 4.75. The second-order valence-corrected chi connectivity index (χ2v) is 8.57. The molecule has 142 valence electrons. The van der Waals surface area contributed by atoms with Crippen molar-refractivity contribution in [1.29, 1.82) is 0 Å². The van der Waals surface area contributed by atoms with Crippen LogP contribution in [0.2, 0.25) is 0 Å². The van der Waals surface area contributed by atoms with Crippen molar-refractivity contribution >= 4 is 0 Å². The second-order valence-electron chi connectivity index (χ2n) is 8.57. The van der Waals surface area contributed by atoms with Crippen LogP contribution >= 0.6 is 0 Å². The molecule has 6 nitrogen and oxygen atoms in total. The standard InChI is InChI=1S/C20H26O6/c1-17(2)23-12-20(26-17)19(9-13-7-5-6-8-14(13)10-21-19)16-15(11-22-20)24-18(3,4)25-16/h5-8,15-16H,9-12H2,1-4H3/t15-,16-,19-,20+/m1/s1. The van der Waals surface area contributed by atoms with Gasteiger partial charge in [-0.25, -0.2) is 0 Å². The summed E-state index contributed by atoms with van der Waals surface area (Å²) < 4.78 is 37.6. The van der Waals surface area contributed by atoms with Crippen LogP contribution in [0.4, 0.5) is 0 Å². The molecular weight excluding hydrogens is 336 g/mol. The Morgan fingerprint density at radius 3 is 2.38 bits per heavy atom. The lowest BCUT2D eigenvalue weighted by molar-refractivity contribution is -0.380. The highest BCUT2D eigenvalue weighted by Crippen LogP contribution is 2.54. The maximum Gasteiger partial charge on any atom is 0.227 e. The summed E-state index contributed by atoms with van der Waals surface area (Å²) in [5.41, 5.74) is 1.59. The second kappa shape index (κ2) is 5.28. The Morgan fingerprint density at radius 2 is 1.65 bits per heavy atom. The van der Waals surface area contributed by atoms with Crippen LogP contribution in [0.15, 0.2) is 24.3 Å².